The van der Waals surface area contributed by atoms with Crippen LogP contribution in [0.4, 0.5) is 0 Å². The first-order valence-corrected chi connectivity index (χ1v) is 5.51. The molecule has 2 rings (SSSR count). The third-order valence-electron chi connectivity index (χ3n) is 3.84. The van der Waals surface area contributed by atoms with Crippen LogP contribution >= 0.6 is 0 Å². The standard InChI is InChI=1S/C12H20/c1-3-4-10-6-8-11-9(2)5-7-12(10)11/h10,12H,3-8H2,1-2H3/t10-,12?/m1/s1. The number of hydrogen-bond donors (Lipinski definition) is 0. The van der Waals surface area contributed by atoms with Gasteiger partial charge in [-0.05, 0) is 44.4 Å². The summed E-state index contributed by atoms with van der Waals surface area (Å²) in [6.07, 6.45) is 8.66. The molecule has 1 fully saturated rings. The van der Waals surface area contributed by atoms with Crippen molar-refractivity contribution in [3.63, 3.8) is 0 Å². The van der Waals surface area contributed by atoms with Crippen LogP contribution in [0.3, 0.4) is 0 Å². The first-order chi connectivity index (χ1) is 5.83. The first-order valence-electron chi connectivity index (χ1n) is 5.51. The number of fused-ring (bicyclic) bond motifs is 1. The van der Waals surface area contributed by atoms with Gasteiger partial charge < -0.3 is 0 Å². The fourth-order valence-electron chi connectivity index (χ4n) is 3.20. The van der Waals surface area contributed by atoms with E-state index in [1.165, 1.54) is 38.5 Å². The summed E-state index contributed by atoms with van der Waals surface area (Å²) in [5, 5.41) is 0. The van der Waals surface area contributed by atoms with E-state index in [2.05, 4.69) is 13.8 Å². The largest absolute Gasteiger partial charge is 0.0738 e. The lowest BCUT2D eigenvalue weighted by molar-refractivity contribution is 0.383. The predicted octanol–water partition coefficient (Wildman–Crippen LogP) is 3.92. The molecule has 2 atom stereocenters. The van der Waals surface area contributed by atoms with Crippen LogP contribution in [0.25, 0.3) is 0 Å². The van der Waals surface area contributed by atoms with Gasteiger partial charge in [0.05, 0.1) is 0 Å². The molecule has 0 aliphatic heterocycles. The van der Waals surface area contributed by atoms with Crippen molar-refractivity contribution in [1.29, 1.82) is 0 Å². The highest BCUT2D eigenvalue weighted by Gasteiger charge is 2.34. The summed E-state index contributed by atoms with van der Waals surface area (Å²) in [6.45, 7) is 4.67. The van der Waals surface area contributed by atoms with Gasteiger partial charge >= 0.3 is 0 Å². The van der Waals surface area contributed by atoms with Crippen LogP contribution in [0.1, 0.15) is 52.4 Å². The highest BCUT2D eigenvalue weighted by atomic mass is 14.4. The van der Waals surface area contributed by atoms with E-state index in [9.17, 15) is 0 Å². The van der Waals surface area contributed by atoms with Crippen LogP contribution in [-0.2, 0) is 0 Å². The molecule has 0 amide bonds. The van der Waals surface area contributed by atoms with E-state index < -0.39 is 0 Å². The van der Waals surface area contributed by atoms with Crippen molar-refractivity contribution in [2.45, 2.75) is 52.4 Å². The van der Waals surface area contributed by atoms with Crippen LogP contribution in [0.5, 0.6) is 0 Å². The fourth-order valence-corrected chi connectivity index (χ4v) is 3.20. The molecule has 0 heteroatoms. The smallest absolute Gasteiger partial charge is 0.0169 e. The molecule has 1 saturated carbocycles. The van der Waals surface area contributed by atoms with Crippen molar-refractivity contribution in [2.75, 3.05) is 0 Å². The van der Waals surface area contributed by atoms with Gasteiger partial charge in [0.15, 0.2) is 0 Å². The Kier molecular flexibility index (Phi) is 2.25. The predicted molar refractivity (Wildman–Crippen MR) is 53.1 cm³/mol. The highest BCUT2D eigenvalue weighted by Crippen LogP contribution is 2.48. The lowest BCUT2D eigenvalue weighted by Gasteiger charge is -2.15. The van der Waals surface area contributed by atoms with Gasteiger partial charge in [0.1, 0.15) is 0 Å². The molecule has 2 aliphatic rings. The van der Waals surface area contributed by atoms with E-state index in [1.807, 2.05) is 5.57 Å². The van der Waals surface area contributed by atoms with Crippen molar-refractivity contribution in [1.82, 2.24) is 0 Å². The average molecular weight is 164 g/mol. The minimum Gasteiger partial charge on any atom is -0.0738 e. The summed E-state index contributed by atoms with van der Waals surface area (Å²) in [4.78, 5) is 0. The van der Waals surface area contributed by atoms with E-state index in [1.54, 1.807) is 5.57 Å². The third-order valence-corrected chi connectivity index (χ3v) is 3.84. The molecule has 68 valence electrons. The lowest BCUT2D eigenvalue weighted by Crippen LogP contribution is -2.05. The number of hydrogen-bond acceptors (Lipinski definition) is 0. The Morgan fingerprint density at radius 2 is 2.08 bits per heavy atom. The van der Waals surface area contributed by atoms with E-state index in [4.69, 9.17) is 0 Å². The Balaban J connectivity index is 2.07. The minimum absolute atomic E-state index is 1.02. The Morgan fingerprint density at radius 3 is 2.83 bits per heavy atom. The summed E-state index contributed by atoms with van der Waals surface area (Å²) < 4.78 is 0. The molecule has 0 aromatic carbocycles. The molecule has 12 heavy (non-hydrogen) atoms. The maximum atomic E-state index is 2.35. The Morgan fingerprint density at radius 1 is 1.25 bits per heavy atom. The Labute approximate surface area is 76.1 Å². The molecule has 1 unspecified atom stereocenters. The monoisotopic (exact) mass is 164 g/mol. The molecule has 0 N–H and O–H groups in total. The van der Waals surface area contributed by atoms with Crippen LogP contribution in [0.2, 0.25) is 0 Å². The van der Waals surface area contributed by atoms with Crippen LogP contribution in [0, 0.1) is 11.8 Å². The van der Waals surface area contributed by atoms with Gasteiger partial charge in [0.2, 0.25) is 0 Å². The molecule has 0 heterocycles. The van der Waals surface area contributed by atoms with Crippen LogP contribution in [-0.4, -0.2) is 0 Å². The highest BCUT2D eigenvalue weighted by molar-refractivity contribution is 5.25. The van der Waals surface area contributed by atoms with Crippen molar-refractivity contribution < 1.29 is 0 Å². The quantitative estimate of drug-likeness (QED) is 0.543. The molecular formula is C12H20. The van der Waals surface area contributed by atoms with Gasteiger partial charge in [-0.3, -0.25) is 0 Å². The van der Waals surface area contributed by atoms with E-state index in [-0.39, 0.29) is 0 Å². The second-order valence-corrected chi connectivity index (χ2v) is 4.54. The Hall–Kier alpha value is -0.260. The van der Waals surface area contributed by atoms with Crippen molar-refractivity contribution in [2.24, 2.45) is 11.8 Å². The van der Waals surface area contributed by atoms with Gasteiger partial charge in [-0.25, -0.2) is 0 Å². The second kappa shape index (κ2) is 3.24. The van der Waals surface area contributed by atoms with Gasteiger partial charge in [-0.1, -0.05) is 30.9 Å². The summed E-state index contributed by atoms with van der Waals surface area (Å²) in [5.41, 5.74) is 3.59. The first kappa shape index (κ1) is 8.34. The average Bonchev–Trinajstić information content (AvgIpc) is 2.58. The molecule has 0 aromatic heterocycles. The number of allylic oxidation sites excluding steroid dienone is 2. The summed E-state index contributed by atoms with van der Waals surface area (Å²) in [7, 11) is 0. The van der Waals surface area contributed by atoms with Crippen LogP contribution in [0.15, 0.2) is 11.1 Å². The molecule has 0 spiro atoms. The molecule has 0 saturated heterocycles. The summed E-state index contributed by atoms with van der Waals surface area (Å²) >= 11 is 0. The topological polar surface area (TPSA) is 0 Å². The van der Waals surface area contributed by atoms with Crippen LogP contribution < -0.4 is 0 Å². The van der Waals surface area contributed by atoms with Crippen molar-refractivity contribution in [3.05, 3.63) is 11.1 Å². The zero-order valence-corrected chi connectivity index (χ0v) is 8.40. The maximum Gasteiger partial charge on any atom is -0.0169 e. The summed E-state index contributed by atoms with van der Waals surface area (Å²) in [6, 6.07) is 0. The maximum absolute atomic E-state index is 2.35. The molecule has 2 aliphatic carbocycles. The Bertz CT molecular complexity index is 200. The number of rotatable bonds is 2. The molecular weight excluding hydrogens is 144 g/mol. The van der Waals surface area contributed by atoms with E-state index >= 15 is 0 Å². The third kappa shape index (κ3) is 1.22. The normalized spacial score (nSPS) is 34.5. The lowest BCUT2D eigenvalue weighted by atomic mass is 9.90. The molecule has 0 radical (unpaired) electrons. The second-order valence-electron chi connectivity index (χ2n) is 4.54. The minimum atomic E-state index is 1.02. The van der Waals surface area contributed by atoms with E-state index in [0.717, 1.165) is 11.8 Å². The van der Waals surface area contributed by atoms with Gasteiger partial charge in [-0.2, -0.15) is 0 Å². The van der Waals surface area contributed by atoms with Gasteiger partial charge in [0.25, 0.3) is 0 Å². The molecule has 0 bridgehead atoms. The zero-order chi connectivity index (χ0) is 8.55. The van der Waals surface area contributed by atoms with E-state index in [0.29, 0.717) is 0 Å². The SMILES string of the molecule is CCC[C@@H]1CCC2=C(C)CCC21. The van der Waals surface area contributed by atoms with Crippen molar-refractivity contribution in [3.8, 4) is 0 Å². The molecule has 0 aromatic rings. The zero-order valence-electron chi connectivity index (χ0n) is 8.40. The van der Waals surface area contributed by atoms with Gasteiger partial charge in [0, 0.05) is 0 Å². The van der Waals surface area contributed by atoms with Crippen molar-refractivity contribution >= 4 is 0 Å². The molecule has 0 nitrogen and oxygen atoms in total. The fraction of sp³-hybridized carbons (Fsp3) is 0.833. The van der Waals surface area contributed by atoms with Gasteiger partial charge in [-0.15, -0.1) is 0 Å². The summed E-state index contributed by atoms with van der Waals surface area (Å²) in [5.74, 6) is 2.08.